The SMILES string of the molecule is NS(=O)(=O)C[C@H]1CCCN(C(=O)CCNC(=O)c2c[nH]c3ccccc23)C1. The van der Waals surface area contributed by atoms with Crippen molar-refractivity contribution in [3.05, 3.63) is 36.0 Å². The van der Waals surface area contributed by atoms with Crippen LogP contribution in [0.15, 0.2) is 30.5 Å². The summed E-state index contributed by atoms with van der Waals surface area (Å²) in [5.41, 5.74) is 1.43. The van der Waals surface area contributed by atoms with Crippen LogP contribution in [0.1, 0.15) is 29.6 Å². The third kappa shape index (κ3) is 5.08. The Labute approximate surface area is 158 Å². The molecule has 146 valence electrons. The number of carbonyl (C=O) groups is 2. The van der Waals surface area contributed by atoms with Gasteiger partial charge in [-0.2, -0.15) is 0 Å². The van der Waals surface area contributed by atoms with Crippen LogP contribution in [0.3, 0.4) is 0 Å². The van der Waals surface area contributed by atoms with Gasteiger partial charge in [-0.3, -0.25) is 9.59 Å². The molecule has 0 saturated carbocycles. The van der Waals surface area contributed by atoms with Crippen molar-refractivity contribution in [2.45, 2.75) is 19.3 Å². The molecule has 4 N–H and O–H groups in total. The Hall–Kier alpha value is -2.39. The Morgan fingerprint density at radius 2 is 2.07 bits per heavy atom. The van der Waals surface area contributed by atoms with Crippen LogP contribution >= 0.6 is 0 Å². The van der Waals surface area contributed by atoms with Gasteiger partial charge >= 0.3 is 0 Å². The minimum atomic E-state index is -3.54. The molecule has 3 rings (SSSR count). The van der Waals surface area contributed by atoms with E-state index >= 15 is 0 Å². The predicted octanol–water partition coefficient (Wildman–Crippen LogP) is 0.815. The maximum atomic E-state index is 12.4. The fourth-order valence-corrected chi connectivity index (χ4v) is 4.48. The number of fused-ring (bicyclic) bond motifs is 1. The number of para-hydroxylation sites is 1. The average molecular weight is 392 g/mol. The van der Waals surface area contributed by atoms with Crippen LogP contribution in [-0.4, -0.2) is 55.5 Å². The van der Waals surface area contributed by atoms with Gasteiger partial charge in [-0.25, -0.2) is 13.6 Å². The molecule has 0 unspecified atom stereocenters. The molecule has 1 saturated heterocycles. The summed E-state index contributed by atoms with van der Waals surface area (Å²) >= 11 is 0. The first-order valence-electron chi connectivity index (χ1n) is 8.96. The summed E-state index contributed by atoms with van der Waals surface area (Å²) in [4.78, 5) is 29.4. The molecule has 0 spiro atoms. The fourth-order valence-electron chi connectivity index (χ4n) is 3.55. The van der Waals surface area contributed by atoms with Crippen LogP contribution in [0.4, 0.5) is 0 Å². The van der Waals surface area contributed by atoms with E-state index in [1.807, 2.05) is 24.3 Å². The van der Waals surface area contributed by atoms with Crippen molar-refractivity contribution in [3.63, 3.8) is 0 Å². The molecule has 1 aliphatic heterocycles. The van der Waals surface area contributed by atoms with E-state index in [-0.39, 0.29) is 36.5 Å². The zero-order chi connectivity index (χ0) is 19.4. The molecular weight excluding hydrogens is 368 g/mol. The molecule has 8 nitrogen and oxygen atoms in total. The molecule has 0 radical (unpaired) electrons. The molecule has 0 aliphatic carbocycles. The van der Waals surface area contributed by atoms with Crippen molar-refractivity contribution < 1.29 is 18.0 Å². The van der Waals surface area contributed by atoms with Crippen LogP contribution in [0.5, 0.6) is 0 Å². The third-order valence-electron chi connectivity index (χ3n) is 4.80. The van der Waals surface area contributed by atoms with Gasteiger partial charge in [0.15, 0.2) is 0 Å². The summed E-state index contributed by atoms with van der Waals surface area (Å²) in [7, 11) is -3.54. The monoisotopic (exact) mass is 392 g/mol. The largest absolute Gasteiger partial charge is 0.360 e. The summed E-state index contributed by atoms with van der Waals surface area (Å²) in [6.07, 6.45) is 3.34. The molecule has 2 heterocycles. The molecule has 2 amide bonds. The zero-order valence-corrected chi connectivity index (χ0v) is 15.8. The highest BCUT2D eigenvalue weighted by Crippen LogP contribution is 2.19. The van der Waals surface area contributed by atoms with Crippen LogP contribution in [0.2, 0.25) is 0 Å². The van der Waals surface area contributed by atoms with E-state index in [1.54, 1.807) is 11.1 Å². The van der Waals surface area contributed by atoms with Crippen LogP contribution in [-0.2, 0) is 14.8 Å². The van der Waals surface area contributed by atoms with Gasteiger partial charge in [0.2, 0.25) is 15.9 Å². The van der Waals surface area contributed by atoms with E-state index in [0.717, 1.165) is 23.7 Å². The van der Waals surface area contributed by atoms with Crippen molar-refractivity contribution in [1.29, 1.82) is 0 Å². The second kappa shape index (κ2) is 8.10. The summed E-state index contributed by atoms with van der Waals surface area (Å²) < 4.78 is 22.5. The minimum absolute atomic E-state index is 0.0895. The van der Waals surface area contributed by atoms with Gasteiger partial charge in [0.1, 0.15) is 0 Å². The van der Waals surface area contributed by atoms with E-state index in [1.165, 1.54) is 0 Å². The normalized spacial score (nSPS) is 17.8. The first kappa shape index (κ1) is 19.4. The van der Waals surface area contributed by atoms with Gasteiger partial charge < -0.3 is 15.2 Å². The minimum Gasteiger partial charge on any atom is -0.360 e. The molecule has 0 bridgehead atoms. The average Bonchev–Trinajstić information content (AvgIpc) is 3.04. The van der Waals surface area contributed by atoms with Crippen molar-refractivity contribution in [3.8, 4) is 0 Å². The van der Waals surface area contributed by atoms with Gasteiger partial charge in [0.05, 0.1) is 11.3 Å². The Bertz CT molecular complexity index is 938. The lowest BCUT2D eigenvalue weighted by molar-refractivity contribution is -0.132. The number of rotatable bonds is 6. The number of nitrogens with one attached hydrogen (secondary N) is 2. The second-order valence-corrected chi connectivity index (χ2v) is 8.59. The number of hydrogen-bond acceptors (Lipinski definition) is 4. The number of sulfonamides is 1. The molecule has 1 fully saturated rings. The standard InChI is InChI=1S/C18H24N4O4S/c19-27(25,26)12-13-4-3-9-22(11-13)17(23)7-8-20-18(24)15-10-21-16-6-2-1-5-14(15)16/h1-2,5-6,10,13,21H,3-4,7-9,11-12H2,(H,20,24)(H2,19,25,26)/t13-/m0/s1. The van der Waals surface area contributed by atoms with Gasteiger partial charge in [-0.05, 0) is 24.8 Å². The number of primary sulfonamides is 1. The highest BCUT2D eigenvalue weighted by molar-refractivity contribution is 7.89. The van der Waals surface area contributed by atoms with Gasteiger partial charge in [-0.15, -0.1) is 0 Å². The number of nitrogens with zero attached hydrogens (tertiary/aromatic N) is 1. The smallest absolute Gasteiger partial charge is 0.253 e. The summed E-state index contributed by atoms with van der Waals surface area (Å²) in [5, 5.41) is 8.72. The summed E-state index contributed by atoms with van der Waals surface area (Å²) in [6, 6.07) is 7.51. The molecule has 1 aromatic heterocycles. The van der Waals surface area contributed by atoms with Gasteiger partial charge in [0, 0.05) is 43.2 Å². The van der Waals surface area contributed by atoms with Crippen molar-refractivity contribution >= 4 is 32.7 Å². The lowest BCUT2D eigenvalue weighted by Gasteiger charge is -2.32. The lowest BCUT2D eigenvalue weighted by atomic mass is 10.00. The topological polar surface area (TPSA) is 125 Å². The Kier molecular flexibility index (Phi) is 5.81. The van der Waals surface area contributed by atoms with E-state index < -0.39 is 10.0 Å². The van der Waals surface area contributed by atoms with E-state index in [0.29, 0.717) is 18.7 Å². The molecule has 1 aromatic carbocycles. The molecule has 9 heteroatoms. The molecule has 1 aliphatic rings. The van der Waals surface area contributed by atoms with Crippen molar-refractivity contribution in [1.82, 2.24) is 15.2 Å². The Balaban J connectivity index is 1.49. The molecule has 27 heavy (non-hydrogen) atoms. The first-order valence-corrected chi connectivity index (χ1v) is 10.7. The number of aromatic nitrogens is 1. The third-order valence-corrected chi connectivity index (χ3v) is 5.73. The van der Waals surface area contributed by atoms with E-state index in [9.17, 15) is 18.0 Å². The van der Waals surface area contributed by atoms with E-state index in [2.05, 4.69) is 10.3 Å². The number of amides is 2. The lowest BCUT2D eigenvalue weighted by Crippen LogP contribution is -2.43. The van der Waals surface area contributed by atoms with Crippen LogP contribution in [0, 0.1) is 5.92 Å². The Morgan fingerprint density at radius 1 is 1.30 bits per heavy atom. The van der Waals surface area contributed by atoms with Gasteiger partial charge in [0.25, 0.3) is 5.91 Å². The number of nitrogens with two attached hydrogens (primary N) is 1. The molecule has 2 aromatic rings. The summed E-state index contributed by atoms with van der Waals surface area (Å²) in [5.74, 6) is -0.550. The maximum Gasteiger partial charge on any atom is 0.253 e. The van der Waals surface area contributed by atoms with Crippen molar-refractivity contribution in [2.75, 3.05) is 25.4 Å². The number of carbonyl (C=O) groups excluding carboxylic acids is 2. The fraction of sp³-hybridized carbons (Fsp3) is 0.444. The van der Waals surface area contributed by atoms with E-state index in [4.69, 9.17) is 5.14 Å². The van der Waals surface area contributed by atoms with Crippen molar-refractivity contribution in [2.24, 2.45) is 11.1 Å². The quantitative estimate of drug-likeness (QED) is 0.673. The molecule has 1 atom stereocenters. The number of H-pyrrole nitrogens is 1. The number of hydrogen-bond donors (Lipinski definition) is 3. The highest BCUT2D eigenvalue weighted by atomic mass is 32.2. The number of likely N-dealkylation sites (tertiary alicyclic amines) is 1. The van der Waals surface area contributed by atoms with Crippen LogP contribution in [0.25, 0.3) is 10.9 Å². The first-order chi connectivity index (χ1) is 12.8. The summed E-state index contributed by atoms with van der Waals surface area (Å²) in [6.45, 7) is 1.23. The molecular formula is C18H24N4O4S. The predicted molar refractivity (Wildman–Crippen MR) is 103 cm³/mol. The second-order valence-electron chi connectivity index (χ2n) is 6.93. The van der Waals surface area contributed by atoms with Gasteiger partial charge in [-0.1, -0.05) is 18.2 Å². The Morgan fingerprint density at radius 3 is 2.85 bits per heavy atom. The maximum absolute atomic E-state index is 12.4. The highest BCUT2D eigenvalue weighted by Gasteiger charge is 2.26. The zero-order valence-electron chi connectivity index (χ0n) is 15.0. The number of benzene rings is 1. The van der Waals surface area contributed by atoms with Crippen LogP contribution < -0.4 is 10.5 Å². The number of piperidine rings is 1. The number of aromatic amines is 1.